The number of aliphatic hydroxyl groups is 8. The fourth-order valence-electron chi connectivity index (χ4n) is 12.9. The van der Waals surface area contributed by atoms with Crippen molar-refractivity contribution in [3.05, 3.63) is 12.2 Å². The predicted octanol–water partition coefficient (Wildman–Crippen LogP) is 2.40. The Morgan fingerprint density at radius 2 is 1.52 bits per heavy atom. The van der Waals surface area contributed by atoms with E-state index in [-0.39, 0.29) is 58.0 Å². The third-order valence-corrected chi connectivity index (χ3v) is 16.2. The second kappa shape index (κ2) is 14.3. The van der Waals surface area contributed by atoms with Gasteiger partial charge in [0, 0.05) is 0 Å². The van der Waals surface area contributed by atoms with E-state index in [2.05, 4.69) is 41.2 Å². The van der Waals surface area contributed by atoms with E-state index in [1.807, 2.05) is 6.92 Å². The van der Waals surface area contributed by atoms with Gasteiger partial charge in [-0.05, 0) is 117 Å². The highest BCUT2D eigenvalue weighted by atomic mass is 16.7. The van der Waals surface area contributed by atoms with Crippen LogP contribution in [0.4, 0.5) is 0 Å². The van der Waals surface area contributed by atoms with Crippen molar-refractivity contribution in [1.29, 1.82) is 0 Å². The fourth-order valence-corrected chi connectivity index (χ4v) is 12.9. The molecule has 6 rings (SSSR count). The third kappa shape index (κ3) is 6.46. The largest absolute Gasteiger partial charge is 0.394 e. The highest BCUT2D eigenvalue weighted by molar-refractivity contribution is 5.20. The van der Waals surface area contributed by atoms with Crippen LogP contribution >= 0.6 is 0 Å². The van der Waals surface area contributed by atoms with Gasteiger partial charge in [-0.2, -0.15) is 0 Å². The molecule has 6 fully saturated rings. The van der Waals surface area contributed by atoms with Crippen molar-refractivity contribution >= 4 is 0 Å². The van der Waals surface area contributed by atoms with Crippen LogP contribution in [-0.2, 0) is 18.9 Å². The Bertz CT molecular complexity index is 1290. The number of ether oxygens (including phenoxy) is 4. The monoisotopic (exact) mass is 740 g/mol. The van der Waals surface area contributed by atoms with Gasteiger partial charge < -0.3 is 59.8 Å². The summed E-state index contributed by atoms with van der Waals surface area (Å²) in [5, 5.41) is 85.5. The Balaban J connectivity index is 1.32. The molecule has 4 saturated carbocycles. The first kappa shape index (κ1) is 40.9. The standard InChI is InChI=1S/C40H68O12/c1-20(2)22(42)10-16-40(8,48)21-9-14-39(7)29(21)24(50-34-32(46)30(44)23(43)19-49-34)17-27-37(5)13-12-28(36(3,4)26(37)11-15-38(27,39)6)52-35-33(47)31(45)25(18-41)51-35/h21-35,41-48H,1,9-19H2,2-8H3/t21?,22?,23-,24?,25-,26?,27?,28?,29?,30-,31-,32+,33+,34-,35-,37?,38?,39?,40?/m0/s1. The summed E-state index contributed by atoms with van der Waals surface area (Å²) < 4.78 is 24.9. The van der Waals surface area contributed by atoms with Crippen LogP contribution in [0.3, 0.4) is 0 Å². The Labute approximate surface area is 309 Å². The zero-order chi connectivity index (χ0) is 38.3. The minimum atomic E-state index is -1.44. The molecule has 300 valence electrons. The number of fused-ring (bicyclic) bond motifs is 5. The van der Waals surface area contributed by atoms with Gasteiger partial charge >= 0.3 is 0 Å². The quantitative estimate of drug-likeness (QED) is 0.120. The van der Waals surface area contributed by atoms with Crippen LogP contribution in [0, 0.1) is 45.3 Å². The molecule has 0 radical (unpaired) electrons. The first-order valence-corrected chi connectivity index (χ1v) is 19.8. The molecule has 2 saturated heterocycles. The molecule has 2 heterocycles. The van der Waals surface area contributed by atoms with Crippen LogP contribution in [0.1, 0.15) is 106 Å². The molecular weight excluding hydrogens is 672 g/mol. The Morgan fingerprint density at radius 3 is 2.15 bits per heavy atom. The smallest absolute Gasteiger partial charge is 0.186 e. The van der Waals surface area contributed by atoms with Gasteiger partial charge in [-0.1, -0.05) is 46.8 Å². The van der Waals surface area contributed by atoms with Crippen LogP contribution in [-0.4, -0.2) is 127 Å². The molecule has 0 aromatic rings. The number of aliphatic hydroxyl groups excluding tert-OH is 7. The SMILES string of the molecule is C=C(C)C(O)CCC(C)(O)C1CCC2(C)C1C(O[C@@H]1OC[C@H](O)[C@H](O)[C@H]1O)CC1C3(C)CCC(O[C@@H]4O[C@@H](CO)[C@H](O)[C@H]4O)C(C)(C)C3CCC12C. The van der Waals surface area contributed by atoms with Crippen molar-refractivity contribution in [2.75, 3.05) is 13.2 Å². The first-order valence-electron chi connectivity index (χ1n) is 19.8. The van der Waals surface area contributed by atoms with Crippen molar-refractivity contribution < 1.29 is 59.8 Å². The lowest BCUT2D eigenvalue weighted by atomic mass is 9.35. The minimum absolute atomic E-state index is 0.106. The molecule has 8 N–H and O–H groups in total. The zero-order valence-corrected chi connectivity index (χ0v) is 32.4. The molecule has 0 aromatic heterocycles. The first-order chi connectivity index (χ1) is 24.1. The molecule has 2 aliphatic heterocycles. The Kier molecular flexibility index (Phi) is 11.3. The lowest BCUT2D eigenvalue weighted by Crippen LogP contribution is -2.67. The van der Waals surface area contributed by atoms with E-state index < -0.39 is 73.6 Å². The van der Waals surface area contributed by atoms with E-state index in [0.29, 0.717) is 31.3 Å². The van der Waals surface area contributed by atoms with Crippen molar-refractivity contribution in [1.82, 2.24) is 0 Å². The normalized spacial score (nSPS) is 51.9. The zero-order valence-electron chi connectivity index (χ0n) is 32.4. The van der Waals surface area contributed by atoms with E-state index in [4.69, 9.17) is 18.9 Å². The van der Waals surface area contributed by atoms with Gasteiger partial charge in [0.2, 0.25) is 0 Å². The van der Waals surface area contributed by atoms with Crippen LogP contribution in [0.25, 0.3) is 0 Å². The molecule has 6 aliphatic rings. The van der Waals surface area contributed by atoms with E-state index in [9.17, 15) is 40.9 Å². The molecular formula is C40H68O12. The predicted molar refractivity (Wildman–Crippen MR) is 190 cm³/mol. The number of rotatable bonds is 10. The highest BCUT2D eigenvalue weighted by Crippen LogP contribution is 2.76. The molecule has 0 bridgehead atoms. The second-order valence-corrected chi connectivity index (χ2v) is 19.3. The third-order valence-electron chi connectivity index (χ3n) is 16.2. The number of hydrogen-bond acceptors (Lipinski definition) is 12. The second-order valence-electron chi connectivity index (χ2n) is 19.3. The van der Waals surface area contributed by atoms with Crippen molar-refractivity contribution in [2.45, 2.75) is 179 Å². The van der Waals surface area contributed by atoms with E-state index >= 15 is 0 Å². The molecule has 12 nitrogen and oxygen atoms in total. The molecule has 52 heavy (non-hydrogen) atoms. The molecule has 0 aromatic carbocycles. The van der Waals surface area contributed by atoms with Gasteiger partial charge in [0.15, 0.2) is 12.6 Å². The molecule has 0 spiro atoms. The maximum Gasteiger partial charge on any atom is 0.186 e. The van der Waals surface area contributed by atoms with Crippen molar-refractivity contribution in [3.63, 3.8) is 0 Å². The molecule has 11 unspecified atom stereocenters. The van der Waals surface area contributed by atoms with E-state index in [0.717, 1.165) is 32.1 Å². The van der Waals surface area contributed by atoms with E-state index in [1.54, 1.807) is 6.92 Å². The summed E-state index contributed by atoms with van der Waals surface area (Å²) in [6.45, 7) is 18.6. The van der Waals surface area contributed by atoms with Gasteiger partial charge in [0.05, 0.1) is 37.1 Å². The van der Waals surface area contributed by atoms with Gasteiger partial charge in [0.25, 0.3) is 0 Å². The molecule has 19 atom stereocenters. The van der Waals surface area contributed by atoms with Gasteiger partial charge in [-0.15, -0.1) is 0 Å². The molecule has 0 amide bonds. The average molecular weight is 741 g/mol. The van der Waals surface area contributed by atoms with Crippen molar-refractivity contribution in [3.8, 4) is 0 Å². The lowest BCUT2D eigenvalue weighted by Gasteiger charge is -2.71. The van der Waals surface area contributed by atoms with Gasteiger partial charge in [-0.3, -0.25) is 0 Å². The minimum Gasteiger partial charge on any atom is -0.394 e. The summed E-state index contributed by atoms with van der Waals surface area (Å²) in [6.07, 6.45) is -4.43. The van der Waals surface area contributed by atoms with Gasteiger partial charge in [-0.25, -0.2) is 0 Å². The molecule has 12 heteroatoms. The number of hydrogen-bond donors (Lipinski definition) is 8. The maximum atomic E-state index is 12.2. The molecule has 4 aliphatic carbocycles. The van der Waals surface area contributed by atoms with Gasteiger partial charge in [0.1, 0.15) is 36.6 Å². The summed E-state index contributed by atoms with van der Waals surface area (Å²) in [5.41, 5.74) is -1.32. The summed E-state index contributed by atoms with van der Waals surface area (Å²) >= 11 is 0. The summed E-state index contributed by atoms with van der Waals surface area (Å²) in [4.78, 5) is 0. The van der Waals surface area contributed by atoms with Crippen molar-refractivity contribution in [2.24, 2.45) is 45.3 Å². The topological polar surface area (TPSA) is 199 Å². The van der Waals surface area contributed by atoms with Crippen LogP contribution in [0.2, 0.25) is 0 Å². The summed E-state index contributed by atoms with van der Waals surface area (Å²) in [7, 11) is 0. The lowest BCUT2D eigenvalue weighted by molar-refractivity contribution is -0.319. The van der Waals surface area contributed by atoms with Crippen LogP contribution < -0.4 is 0 Å². The summed E-state index contributed by atoms with van der Waals surface area (Å²) in [6, 6.07) is 0. The highest BCUT2D eigenvalue weighted by Gasteiger charge is 2.72. The van der Waals surface area contributed by atoms with Crippen LogP contribution in [0.5, 0.6) is 0 Å². The Hall–Kier alpha value is -0.740. The Morgan fingerprint density at radius 1 is 0.865 bits per heavy atom. The van der Waals surface area contributed by atoms with Crippen LogP contribution in [0.15, 0.2) is 12.2 Å². The van der Waals surface area contributed by atoms with E-state index in [1.165, 1.54) is 0 Å². The maximum absolute atomic E-state index is 12.2. The fraction of sp³-hybridized carbons (Fsp3) is 0.950. The average Bonchev–Trinajstić information content (AvgIpc) is 3.59. The summed E-state index contributed by atoms with van der Waals surface area (Å²) in [5.74, 6) is 0.151.